The number of nitrogens with zero attached hydrogens (tertiary/aromatic N) is 1. The van der Waals surface area contributed by atoms with Gasteiger partial charge in [-0.2, -0.15) is 0 Å². The molecule has 30 heavy (non-hydrogen) atoms. The maximum Gasteiger partial charge on any atom is 0.243 e. The normalized spacial score (nSPS) is 12.1. The number of methoxy groups -OCH3 is 3. The van der Waals surface area contributed by atoms with E-state index in [0.29, 0.717) is 17.2 Å². The Bertz CT molecular complexity index is 1010. The number of sulfonamides is 1. The number of benzene rings is 2. The summed E-state index contributed by atoms with van der Waals surface area (Å²) < 4.78 is 41.4. The predicted molar refractivity (Wildman–Crippen MR) is 116 cm³/mol. The highest BCUT2D eigenvalue weighted by molar-refractivity contribution is 7.92. The Hall–Kier alpha value is -2.65. The van der Waals surface area contributed by atoms with E-state index in [1.165, 1.54) is 40.4 Å². The zero-order chi connectivity index (χ0) is 22.5. The molecule has 0 saturated carbocycles. The summed E-state index contributed by atoms with van der Waals surface area (Å²) in [6.07, 6.45) is 1.03. The zero-order valence-electron chi connectivity index (χ0n) is 17.4. The van der Waals surface area contributed by atoms with Gasteiger partial charge in [-0.1, -0.05) is 17.7 Å². The van der Waals surface area contributed by atoms with Crippen molar-refractivity contribution in [3.05, 3.63) is 47.0 Å². The summed E-state index contributed by atoms with van der Waals surface area (Å²) in [6.45, 7) is 1.69. The molecule has 2 aromatic rings. The zero-order valence-corrected chi connectivity index (χ0v) is 19.0. The minimum Gasteiger partial charge on any atom is -0.495 e. The summed E-state index contributed by atoms with van der Waals surface area (Å²) in [5.41, 5.74) is 1.03. The molecule has 1 N–H and O–H groups in total. The van der Waals surface area contributed by atoms with Crippen LogP contribution in [0.25, 0.3) is 0 Å². The summed E-state index contributed by atoms with van der Waals surface area (Å²) in [6, 6.07) is 8.76. The lowest BCUT2D eigenvalue weighted by Crippen LogP contribution is -2.47. The first-order valence-electron chi connectivity index (χ1n) is 8.94. The monoisotopic (exact) mass is 456 g/mol. The fourth-order valence-corrected chi connectivity index (χ4v) is 4.35. The Morgan fingerprint density at radius 2 is 1.63 bits per heavy atom. The van der Waals surface area contributed by atoms with Crippen LogP contribution in [0.5, 0.6) is 17.2 Å². The number of hydrogen-bond acceptors (Lipinski definition) is 6. The number of carbonyl (C=O) groups is 1. The molecule has 0 aliphatic carbocycles. The van der Waals surface area contributed by atoms with Crippen LogP contribution < -0.4 is 23.8 Å². The maximum absolute atomic E-state index is 12.7. The van der Waals surface area contributed by atoms with Crippen LogP contribution in [0.4, 0.5) is 5.69 Å². The fraction of sp³-hybridized carbons (Fsp3) is 0.350. The first kappa shape index (κ1) is 23.6. The minimum atomic E-state index is -3.76. The first-order valence-corrected chi connectivity index (χ1v) is 11.2. The van der Waals surface area contributed by atoms with Crippen molar-refractivity contribution < 1.29 is 27.4 Å². The molecule has 0 saturated heterocycles. The lowest BCUT2D eigenvalue weighted by Gasteiger charge is -2.28. The summed E-state index contributed by atoms with van der Waals surface area (Å²) >= 11 is 6.13. The van der Waals surface area contributed by atoms with Gasteiger partial charge in [-0.05, 0) is 42.8 Å². The highest BCUT2D eigenvalue weighted by atomic mass is 35.5. The molecule has 1 atom stereocenters. The highest BCUT2D eigenvalue weighted by Crippen LogP contribution is 2.31. The van der Waals surface area contributed by atoms with Gasteiger partial charge in [-0.15, -0.1) is 0 Å². The molecule has 2 aromatic carbocycles. The molecule has 2 rings (SSSR count). The second-order valence-electron chi connectivity index (χ2n) is 6.46. The van der Waals surface area contributed by atoms with E-state index in [-0.39, 0.29) is 17.3 Å². The maximum atomic E-state index is 12.7. The predicted octanol–water partition coefficient (Wildman–Crippen LogP) is 2.84. The van der Waals surface area contributed by atoms with Crippen molar-refractivity contribution in [1.29, 1.82) is 0 Å². The van der Waals surface area contributed by atoms with Crippen molar-refractivity contribution in [2.75, 3.05) is 31.9 Å². The Balaban J connectivity index is 2.21. The number of ether oxygens (including phenoxy) is 3. The molecule has 10 heteroatoms. The van der Waals surface area contributed by atoms with Crippen LogP contribution >= 0.6 is 11.6 Å². The van der Waals surface area contributed by atoms with Crippen molar-refractivity contribution in [2.24, 2.45) is 0 Å². The fourth-order valence-electron chi connectivity index (χ4n) is 2.93. The van der Waals surface area contributed by atoms with E-state index in [2.05, 4.69) is 5.32 Å². The smallest absolute Gasteiger partial charge is 0.243 e. The Morgan fingerprint density at radius 3 is 2.17 bits per heavy atom. The molecule has 0 aliphatic heterocycles. The summed E-state index contributed by atoms with van der Waals surface area (Å²) in [5.74, 6) is 1.03. The Kier molecular flexibility index (Phi) is 7.80. The third-order valence-corrected chi connectivity index (χ3v) is 5.93. The molecule has 0 aromatic heterocycles. The first-order chi connectivity index (χ1) is 14.1. The number of hydrogen-bond donors (Lipinski definition) is 1. The van der Waals surface area contributed by atoms with Crippen LogP contribution in [-0.4, -0.2) is 48.0 Å². The van der Waals surface area contributed by atoms with Gasteiger partial charge < -0.3 is 19.5 Å². The van der Waals surface area contributed by atoms with Gasteiger partial charge in [-0.25, -0.2) is 8.42 Å². The number of anilines is 1. The lowest BCUT2D eigenvalue weighted by atomic mass is 10.2. The standard InChI is InChI=1S/C20H25ClN2O6S/c1-13(20(24)22-12-14-6-8-18(28-3)19(10-14)29-4)23(30(5,25)26)15-7-9-17(27-2)16(21)11-15/h6-11,13H,12H2,1-5H3,(H,22,24)/t13-/m0/s1. The largest absolute Gasteiger partial charge is 0.495 e. The van der Waals surface area contributed by atoms with Crippen LogP contribution in [0.3, 0.4) is 0 Å². The van der Waals surface area contributed by atoms with E-state index < -0.39 is 22.0 Å². The van der Waals surface area contributed by atoms with Gasteiger partial charge in [0.1, 0.15) is 11.8 Å². The number of carbonyl (C=O) groups excluding carboxylic acids is 1. The van der Waals surface area contributed by atoms with Crippen LogP contribution in [-0.2, 0) is 21.4 Å². The Labute approximate surface area is 181 Å². The topological polar surface area (TPSA) is 94.2 Å². The number of nitrogens with one attached hydrogen (secondary N) is 1. The van der Waals surface area contributed by atoms with Crippen molar-refractivity contribution >= 4 is 33.2 Å². The average Bonchev–Trinajstić information content (AvgIpc) is 2.70. The molecule has 0 bridgehead atoms. The van der Waals surface area contributed by atoms with Gasteiger partial charge >= 0.3 is 0 Å². The molecule has 0 fully saturated rings. The van der Waals surface area contributed by atoms with Crippen LogP contribution in [0.15, 0.2) is 36.4 Å². The van der Waals surface area contributed by atoms with Gasteiger partial charge in [0, 0.05) is 6.54 Å². The van der Waals surface area contributed by atoms with E-state index in [0.717, 1.165) is 16.1 Å². The minimum absolute atomic E-state index is 0.185. The third kappa shape index (κ3) is 5.48. The molecular weight excluding hydrogens is 432 g/mol. The van der Waals surface area contributed by atoms with E-state index >= 15 is 0 Å². The quantitative estimate of drug-likeness (QED) is 0.623. The molecule has 0 spiro atoms. The van der Waals surface area contributed by atoms with E-state index in [1.54, 1.807) is 24.3 Å². The molecular formula is C20H25ClN2O6S. The van der Waals surface area contributed by atoms with Crippen molar-refractivity contribution in [2.45, 2.75) is 19.5 Å². The van der Waals surface area contributed by atoms with Gasteiger partial charge in [0.05, 0.1) is 38.3 Å². The number of halogens is 1. The molecule has 0 radical (unpaired) electrons. The second-order valence-corrected chi connectivity index (χ2v) is 8.73. The molecule has 0 heterocycles. The Morgan fingerprint density at radius 1 is 1.03 bits per heavy atom. The average molecular weight is 457 g/mol. The van der Waals surface area contributed by atoms with Crippen LogP contribution in [0.2, 0.25) is 5.02 Å². The van der Waals surface area contributed by atoms with Crippen molar-refractivity contribution in [3.63, 3.8) is 0 Å². The van der Waals surface area contributed by atoms with Gasteiger partial charge in [0.2, 0.25) is 15.9 Å². The van der Waals surface area contributed by atoms with Gasteiger partial charge in [-0.3, -0.25) is 9.10 Å². The molecule has 8 nitrogen and oxygen atoms in total. The third-order valence-electron chi connectivity index (χ3n) is 4.39. The molecule has 0 aliphatic rings. The van der Waals surface area contributed by atoms with Crippen molar-refractivity contribution in [1.82, 2.24) is 5.32 Å². The highest BCUT2D eigenvalue weighted by Gasteiger charge is 2.29. The molecule has 164 valence electrons. The van der Waals surface area contributed by atoms with E-state index in [1.807, 2.05) is 0 Å². The molecule has 1 amide bonds. The summed E-state index contributed by atoms with van der Waals surface area (Å²) in [5, 5.41) is 2.99. The SMILES string of the molecule is COc1ccc(N([C@@H](C)C(=O)NCc2ccc(OC)c(OC)c2)S(C)(=O)=O)cc1Cl. The second kappa shape index (κ2) is 9.90. The summed E-state index contributed by atoms with van der Waals surface area (Å²) in [4.78, 5) is 12.7. The van der Waals surface area contributed by atoms with E-state index in [9.17, 15) is 13.2 Å². The number of amides is 1. The van der Waals surface area contributed by atoms with Crippen LogP contribution in [0.1, 0.15) is 12.5 Å². The lowest BCUT2D eigenvalue weighted by molar-refractivity contribution is -0.122. The number of rotatable bonds is 9. The van der Waals surface area contributed by atoms with Gasteiger partial charge in [0.15, 0.2) is 11.5 Å². The van der Waals surface area contributed by atoms with Crippen LogP contribution in [0, 0.1) is 0 Å². The summed E-state index contributed by atoms with van der Waals surface area (Å²) in [7, 11) is 0.747. The molecule has 0 unspecified atom stereocenters. The van der Waals surface area contributed by atoms with Gasteiger partial charge in [0.25, 0.3) is 0 Å². The van der Waals surface area contributed by atoms with Crippen molar-refractivity contribution in [3.8, 4) is 17.2 Å². The van der Waals surface area contributed by atoms with E-state index in [4.69, 9.17) is 25.8 Å².